The molecule has 1 fully saturated rings. The Morgan fingerprint density at radius 2 is 2.11 bits per heavy atom. The molecule has 2 atom stereocenters. The zero-order valence-corrected chi connectivity index (χ0v) is 15.6. The highest BCUT2D eigenvalue weighted by Crippen LogP contribution is 2.30. The number of amides is 1. The first kappa shape index (κ1) is 19.3. The summed E-state index contributed by atoms with van der Waals surface area (Å²) in [6.45, 7) is 3.96. The first-order valence-corrected chi connectivity index (χ1v) is 9.34. The fourth-order valence-corrected chi connectivity index (χ4v) is 3.63. The quantitative estimate of drug-likeness (QED) is 0.746. The number of carbonyl (C=O) groups excluding carboxylic acids is 1. The van der Waals surface area contributed by atoms with Gasteiger partial charge in [0.2, 0.25) is 5.91 Å². The number of nitrogens with zero attached hydrogens (tertiary/aromatic N) is 2. The van der Waals surface area contributed by atoms with Crippen LogP contribution < -0.4 is 16.6 Å². The van der Waals surface area contributed by atoms with Crippen LogP contribution in [0.15, 0.2) is 29.5 Å². The van der Waals surface area contributed by atoms with E-state index in [-0.39, 0.29) is 22.9 Å². The molecular weight excluding hydrogens is 349 g/mol. The summed E-state index contributed by atoms with van der Waals surface area (Å²) in [5.41, 5.74) is 6.53. The summed E-state index contributed by atoms with van der Waals surface area (Å²) in [6, 6.07) is 0.150. The molecule has 1 aliphatic carbocycles. The first-order valence-electron chi connectivity index (χ1n) is 9.34. The number of aromatic nitrogens is 3. The number of pyridine rings is 1. The number of H-pyrrole nitrogens is 1. The zero-order chi connectivity index (χ0) is 19.6. The van der Waals surface area contributed by atoms with E-state index >= 15 is 0 Å². The smallest absolute Gasteiger partial charge is 0.253 e. The highest BCUT2D eigenvalue weighted by atomic mass is 19.1. The van der Waals surface area contributed by atoms with Crippen molar-refractivity contribution in [1.82, 2.24) is 14.8 Å². The molecule has 2 aromatic rings. The van der Waals surface area contributed by atoms with E-state index in [2.05, 4.69) is 22.3 Å². The van der Waals surface area contributed by atoms with Crippen LogP contribution in [0.3, 0.4) is 0 Å². The minimum absolute atomic E-state index is 0.195. The number of anilines is 1. The molecule has 0 aliphatic heterocycles. The fraction of sp³-hybridized carbons (Fsp3) is 0.526. The minimum atomic E-state index is -0.552. The van der Waals surface area contributed by atoms with Crippen molar-refractivity contribution in [3.05, 3.63) is 46.4 Å². The van der Waals surface area contributed by atoms with E-state index in [1.54, 1.807) is 13.1 Å². The van der Waals surface area contributed by atoms with Crippen LogP contribution in [0.1, 0.15) is 51.1 Å². The van der Waals surface area contributed by atoms with Gasteiger partial charge >= 0.3 is 0 Å². The second kappa shape index (κ2) is 8.04. The van der Waals surface area contributed by atoms with Crippen molar-refractivity contribution in [2.45, 2.75) is 51.6 Å². The van der Waals surface area contributed by atoms with E-state index in [0.29, 0.717) is 11.6 Å². The van der Waals surface area contributed by atoms with Crippen LogP contribution in [0.2, 0.25) is 0 Å². The topological polar surface area (TPSA) is 106 Å². The van der Waals surface area contributed by atoms with Gasteiger partial charge in [-0.05, 0) is 37.7 Å². The molecule has 1 aliphatic rings. The van der Waals surface area contributed by atoms with E-state index < -0.39 is 17.9 Å². The second-order valence-corrected chi connectivity index (χ2v) is 7.52. The third kappa shape index (κ3) is 4.44. The first-order chi connectivity index (χ1) is 12.8. The van der Waals surface area contributed by atoms with E-state index in [1.807, 2.05) is 0 Å². The molecule has 0 aromatic carbocycles. The van der Waals surface area contributed by atoms with Crippen molar-refractivity contribution in [1.29, 1.82) is 0 Å². The van der Waals surface area contributed by atoms with Crippen LogP contribution in [0.4, 0.5) is 10.1 Å². The van der Waals surface area contributed by atoms with Gasteiger partial charge in [-0.1, -0.05) is 19.8 Å². The van der Waals surface area contributed by atoms with Crippen molar-refractivity contribution >= 4 is 11.6 Å². The van der Waals surface area contributed by atoms with Crippen molar-refractivity contribution in [3.63, 3.8) is 0 Å². The van der Waals surface area contributed by atoms with Gasteiger partial charge in [0.15, 0.2) is 0 Å². The number of hydrogen-bond donors (Lipinski definition) is 3. The molecule has 7 nitrogen and oxygen atoms in total. The zero-order valence-electron chi connectivity index (χ0n) is 15.6. The molecular formula is C19H26FN5O2. The molecule has 0 unspecified atom stereocenters. The van der Waals surface area contributed by atoms with Gasteiger partial charge in [-0.2, -0.15) is 5.10 Å². The molecule has 2 aromatic heterocycles. The second-order valence-electron chi connectivity index (χ2n) is 7.52. The monoisotopic (exact) mass is 375 g/mol. The Bertz CT molecular complexity index is 854. The third-order valence-electron chi connectivity index (χ3n) is 5.48. The summed E-state index contributed by atoms with van der Waals surface area (Å²) in [5.74, 6) is 0.137. The van der Waals surface area contributed by atoms with Crippen molar-refractivity contribution in [3.8, 4) is 0 Å². The summed E-state index contributed by atoms with van der Waals surface area (Å²) in [4.78, 5) is 26.7. The number of hydrogen-bond acceptors (Lipinski definition) is 4. The lowest BCUT2D eigenvalue weighted by Gasteiger charge is -2.29. The van der Waals surface area contributed by atoms with Gasteiger partial charge in [-0.3, -0.25) is 14.3 Å². The Labute approximate surface area is 157 Å². The molecule has 3 rings (SSSR count). The molecule has 27 heavy (non-hydrogen) atoms. The molecule has 0 spiro atoms. The number of rotatable bonds is 5. The highest BCUT2D eigenvalue weighted by molar-refractivity contribution is 5.94. The molecule has 1 amide bonds. The largest absolute Gasteiger partial charge is 0.326 e. The van der Waals surface area contributed by atoms with Crippen LogP contribution in [-0.2, 0) is 4.79 Å². The van der Waals surface area contributed by atoms with Crippen molar-refractivity contribution in [2.75, 3.05) is 5.32 Å². The highest BCUT2D eigenvalue weighted by Gasteiger charge is 2.28. The average Bonchev–Trinajstić information content (AvgIpc) is 3.11. The van der Waals surface area contributed by atoms with Gasteiger partial charge in [0.25, 0.3) is 5.56 Å². The van der Waals surface area contributed by atoms with Crippen molar-refractivity contribution < 1.29 is 9.18 Å². The standard InChI is InChI=1S/C19H26FN5O2/c1-11-3-5-13(6-4-11)17(21)19(27)24-15-9-23-25(10-15)12(2)16-7-14(20)8-22-18(16)26/h7-13,17H,3-6,21H2,1-2H3,(H,22,26)(H,24,27)/t11-,12-,13-,17-/m0/s1. The van der Waals surface area contributed by atoms with Gasteiger partial charge in [0.05, 0.1) is 24.0 Å². The Kier molecular flexibility index (Phi) is 5.74. The SMILES string of the molecule is C[C@@H](c1cc(F)c[nH]c1=O)n1cc(NC(=O)[C@@H](N)[C@H]2CC[C@H](C)CC2)cn1. The van der Waals surface area contributed by atoms with E-state index in [4.69, 9.17) is 5.73 Å². The van der Waals surface area contributed by atoms with E-state index in [1.165, 1.54) is 16.9 Å². The van der Waals surface area contributed by atoms with Crippen LogP contribution in [-0.4, -0.2) is 26.7 Å². The maximum absolute atomic E-state index is 13.4. The normalized spacial score (nSPS) is 22.2. The van der Waals surface area contributed by atoms with Gasteiger partial charge in [0.1, 0.15) is 5.82 Å². The Balaban J connectivity index is 1.66. The van der Waals surface area contributed by atoms with Crippen LogP contribution in [0.5, 0.6) is 0 Å². The Morgan fingerprint density at radius 1 is 1.41 bits per heavy atom. The fourth-order valence-electron chi connectivity index (χ4n) is 3.63. The van der Waals surface area contributed by atoms with Crippen molar-refractivity contribution in [2.24, 2.45) is 17.6 Å². The van der Waals surface area contributed by atoms with Gasteiger partial charge in [-0.25, -0.2) is 4.39 Å². The molecule has 2 heterocycles. The Hall–Kier alpha value is -2.48. The van der Waals surface area contributed by atoms with E-state index in [9.17, 15) is 14.0 Å². The molecule has 4 N–H and O–H groups in total. The van der Waals surface area contributed by atoms with Crippen LogP contribution in [0.25, 0.3) is 0 Å². The summed E-state index contributed by atoms with van der Waals surface area (Å²) in [5, 5.41) is 6.98. The number of halogens is 1. The predicted octanol–water partition coefficient (Wildman–Crippen LogP) is 2.41. The summed E-state index contributed by atoms with van der Waals surface area (Å²) in [7, 11) is 0. The number of nitrogens with two attached hydrogens (primary N) is 1. The molecule has 8 heteroatoms. The molecule has 146 valence electrons. The van der Waals surface area contributed by atoms with Crippen LogP contribution in [0, 0.1) is 17.7 Å². The summed E-state index contributed by atoms with van der Waals surface area (Å²) in [6.07, 6.45) is 8.26. The number of aromatic amines is 1. The lowest BCUT2D eigenvalue weighted by molar-refractivity contribution is -0.118. The maximum Gasteiger partial charge on any atom is 0.253 e. The Morgan fingerprint density at radius 3 is 2.81 bits per heavy atom. The number of nitrogens with one attached hydrogen (secondary N) is 2. The number of carbonyl (C=O) groups is 1. The third-order valence-corrected chi connectivity index (χ3v) is 5.48. The lowest BCUT2D eigenvalue weighted by atomic mass is 9.79. The van der Waals surface area contributed by atoms with Crippen LogP contribution >= 0.6 is 0 Å². The average molecular weight is 375 g/mol. The predicted molar refractivity (Wildman–Crippen MR) is 101 cm³/mol. The van der Waals surface area contributed by atoms with E-state index in [0.717, 1.165) is 31.9 Å². The van der Waals surface area contributed by atoms with Gasteiger partial charge in [-0.15, -0.1) is 0 Å². The van der Waals surface area contributed by atoms with Gasteiger partial charge in [0, 0.05) is 18.0 Å². The summed E-state index contributed by atoms with van der Waals surface area (Å²) >= 11 is 0. The van der Waals surface area contributed by atoms with Gasteiger partial charge < -0.3 is 16.0 Å². The summed E-state index contributed by atoms with van der Waals surface area (Å²) < 4.78 is 14.9. The molecule has 1 saturated carbocycles. The minimum Gasteiger partial charge on any atom is -0.326 e. The molecule has 0 radical (unpaired) electrons. The molecule has 0 bridgehead atoms. The lowest BCUT2D eigenvalue weighted by Crippen LogP contribution is -2.43. The maximum atomic E-state index is 13.4. The molecule has 0 saturated heterocycles.